The first-order valence-electron chi connectivity index (χ1n) is 8.37. The Kier molecular flexibility index (Phi) is 5.20. The molecular formula is C17H24N4O3. The largest absolute Gasteiger partial charge is 0.467 e. The molecule has 0 aromatic carbocycles. The van der Waals surface area contributed by atoms with Gasteiger partial charge in [-0.2, -0.15) is 5.10 Å². The highest BCUT2D eigenvalue weighted by Gasteiger charge is 2.31. The molecule has 0 radical (unpaired) electrons. The summed E-state index contributed by atoms with van der Waals surface area (Å²) in [7, 11) is 1.88. The summed E-state index contributed by atoms with van der Waals surface area (Å²) in [5.74, 6) is 0.554. The van der Waals surface area contributed by atoms with Crippen LogP contribution in [0, 0.1) is 0 Å². The van der Waals surface area contributed by atoms with E-state index in [2.05, 4.69) is 10.4 Å². The van der Waals surface area contributed by atoms with Gasteiger partial charge >= 0.3 is 6.03 Å². The third-order valence-corrected chi connectivity index (χ3v) is 4.45. The van der Waals surface area contributed by atoms with Crippen molar-refractivity contribution in [1.29, 1.82) is 0 Å². The van der Waals surface area contributed by atoms with Crippen LogP contribution in [0.3, 0.4) is 0 Å². The minimum Gasteiger partial charge on any atom is -0.467 e. The molecule has 3 rings (SSSR count). The molecule has 2 atom stereocenters. The van der Waals surface area contributed by atoms with Gasteiger partial charge < -0.3 is 19.7 Å². The number of hydrogen-bond donors (Lipinski definition) is 2. The van der Waals surface area contributed by atoms with E-state index in [-0.39, 0.29) is 12.1 Å². The monoisotopic (exact) mass is 332 g/mol. The summed E-state index contributed by atoms with van der Waals surface area (Å²) in [6.45, 7) is 1.31. The molecule has 0 saturated carbocycles. The lowest BCUT2D eigenvalue weighted by Gasteiger charge is -2.26. The van der Waals surface area contributed by atoms with Crippen molar-refractivity contribution in [3.63, 3.8) is 0 Å². The summed E-state index contributed by atoms with van der Waals surface area (Å²) >= 11 is 0. The Morgan fingerprint density at radius 3 is 3.17 bits per heavy atom. The number of aliphatic hydroxyl groups excluding tert-OH is 1. The van der Waals surface area contributed by atoms with Crippen molar-refractivity contribution in [2.45, 2.75) is 37.8 Å². The molecule has 2 amide bonds. The van der Waals surface area contributed by atoms with Crippen molar-refractivity contribution in [2.75, 3.05) is 13.1 Å². The molecule has 1 saturated heterocycles. The zero-order valence-electron chi connectivity index (χ0n) is 13.9. The van der Waals surface area contributed by atoms with Gasteiger partial charge in [0.15, 0.2) is 0 Å². The van der Waals surface area contributed by atoms with Gasteiger partial charge in [-0.15, -0.1) is 0 Å². The average molecular weight is 332 g/mol. The number of carbonyl (C=O) groups excluding carboxylic acids is 1. The fraction of sp³-hybridized carbons (Fsp3) is 0.529. The van der Waals surface area contributed by atoms with Crippen LogP contribution in [0.4, 0.5) is 4.79 Å². The molecule has 2 N–H and O–H groups in total. The van der Waals surface area contributed by atoms with Crippen molar-refractivity contribution in [1.82, 2.24) is 20.0 Å². The number of aromatic nitrogens is 2. The van der Waals surface area contributed by atoms with Crippen molar-refractivity contribution in [2.24, 2.45) is 7.05 Å². The first kappa shape index (κ1) is 16.6. The van der Waals surface area contributed by atoms with Gasteiger partial charge in [0.25, 0.3) is 0 Å². The molecule has 0 spiro atoms. The minimum absolute atomic E-state index is 0.0449. The highest BCUT2D eigenvalue weighted by Crippen LogP contribution is 2.27. The second-order valence-electron chi connectivity index (χ2n) is 6.26. The second-order valence-corrected chi connectivity index (χ2v) is 6.26. The molecule has 2 unspecified atom stereocenters. The lowest BCUT2D eigenvalue weighted by Crippen LogP contribution is -2.43. The number of aryl methyl sites for hydroxylation is 1. The van der Waals surface area contributed by atoms with E-state index in [9.17, 15) is 9.90 Å². The van der Waals surface area contributed by atoms with Crippen LogP contribution in [0.1, 0.15) is 36.7 Å². The molecule has 1 aliphatic heterocycles. The van der Waals surface area contributed by atoms with Gasteiger partial charge in [-0.05, 0) is 37.0 Å². The first-order chi connectivity index (χ1) is 11.6. The molecule has 0 bridgehead atoms. The standard InChI is InChI=1S/C17H24N4O3/c1-20-12-13(11-19-20)6-7-18-17(23)21-8-2-4-14(21)10-15(22)16-5-3-9-24-16/h3,5,9,11-12,14-15,22H,2,4,6-8,10H2,1H3,(H,18,23). The number of rotatable bonds is 6. The van der Waals surface area contributed by atoms with E-state index < -0.39 is 6.10 Å². The van der Waals surface area contributed by atoms with Gasteiger partial charge in [-0.1, -0.05) is 0 Å². The number of urea groups is 1. The molecule has 2 aromatic heterocycles. The molecular weight excluding hydrogens is 308 g/mol. The van der Waals surface area contributed by atoms with Crippen LogP contribution >= 0.6 is 0 Å². The van der Waals surface area contributed by atoms with E-state index in [1.165, 1.54) is 0 Å². The normalized spacial score (nSPS) is 18.8. The smallest absolute Gasteiger partial charge is 0.317 e. The highest BCUT2D eigenvalue weighted by molar-refractivity contribution is 5.74. The number of amides is 2. The summed E-state index contributed by atoms with van der Waals surface area (Å²) < 4.78 is 6.99. The van der Waals surface area contributed by atoms with Gasteiger partial charge in [0.05, 0.1) is 12.5 Å². The summed E-state index contributed by atoms with van der Waals surface area (Å²) in [6.07, 6.45) is 7.77. The molecule has 24 heavy (non-hydrogen) atoms. The van der Waals surface area contributed by atoms with Gasteiger partial charge in [0.1, 0.15) is 11.9 Å². The van der Waals surface area contributed by atoms with Crippen molar-refractivity contribution < 1.29 is 14.3 Å². The molecule has 130 valence electrons. The number of nitrogens with one attached hydrogen (secondary N) is 1. The number of nitrogens with zero attached hydrogens (tertiary/aromatic N) is 3. The van der Waals surface area contributed by atoms with Gasteiger partial charge in [-0.3, -0.25) is 4.68 Å². The van der Waals surface area contributed by atoms with E-state index in [1.807, 2.05) is 24.3 Å². The van der Waals surface area contributed by atoms with E-state index in [4.69, 9.17) is 4.42 Å². The minimum atomic E-state index is -0.672. The van der Waals surface area contributed by atoms with E-state index >= 15 is 0 Å². The first-order valence-corrected chi connectivity index (χ1v) is 8.37. The van der Waals surface area contributed by atoms with Crippen LogP contribution in [-0.2, 0) is 13.5 Å². The summed E-state index contributed by atoms with van der Waals surface area (Å²) in [6, 6.07) is 3.50. The van der Waals surface area contributed by atoms with Gasteiger partial charge in [0, 0.05) is 38.8 Å². The second kappa shape index (κ2) is 7.53. The topological polar surface area (TPSA) is 83.5 Å². The van der Waals surface area contributed by atoms with Crippen LogP contribution in [0.2, 0.25) is 0 Å². The fourth-order valence-corrected chi connectivity index (χ4v) is 3.22. The maximum absolute atomic E-state index is 12.4. The van der Waals surface area contributed by atoms with Crippen LogP contribution < -0.4 is 5.32 Å². The zero-order valence-corrected chi connectivity index (χ0v) is 13.9. The van der Waals surface area contributed by atoms with Crippen molar-refractivity contribution in [3.05, 3.63) is 42.1 Å². The molecule has 7 nitrogen and oxygen atoms in total. The predicted molar refractivity (Wildman–Crippen MR) is 88.3 cm³/mol. The molecule has 3 heterocycles. The Hall–Kier alpha value is -2.28. The number of furan rings is 1. The Bertz CT molecular complexity index is 653. The van der Waals surface area contributed by atoms with E-state index in [0.717, 1.165) is 31.4 Å². The number of likely N-dealkylation sites (tertiary alicyclic amines) is 1. The Balaban J connectivity index is 1.48. The van der Waals surface area contributed by atoms with Gasteiger partial charge in [-0.25, -0.2) is 4.79 Å². The van der Waals surface area contributed by atoms with Gasteiger partial charge in [0.2, 0.25) is 0 Å². The van der Waals surface area contributed by atoms with Crippen LogP contribution in [0.15, 0.2) is 35.2 Å². The molecule has 1 aliphatic rings. The Morgan fingerprint density at radius 1 is 1.58 bits per heavy atom. The number of carbonyl (C=O) groups is 1. The van der Waals surface area contributed by atoms with Crippen LogP contribution in [0.5, 0.6) is 0 Å². The molecule has 2 aromatic rings. The fourth-order valence-electron chi connectivity index (χ4n) is 3.22. The summed E-state index contributed by atoms with van der Waals surface area (Å²) in [4.78, 5) is 14.2. The average Bonchev–Trinajstić information content (AvgIpc) is 3.28. The maximum atomic E-state index is 12.4. The predicted octanol–water partition coefficient (Wildman–Crippen LogP) is 1.85. The maximum Gasteiger partial charge on any atom is 0.317 e. The zero-order chi connectivity index (χ0) is 16.9. The lowest BCUT2D eigenvalue weighted by atomic mass is 10.1. The third kappa shape index (κ3) is 3.97. The lowest BCUT2D eigenvalue weighted by molar-refractivity contribution is 0.108. The molecule has 0 aliphatic carbocycles. The SMILES string of the molecule is Cn1cc(CCNC(=O)N2CCCC2CC(O)c2ccco2)cn1. The summed E-state index contributed by atoms with van der Waals surface area (Å²) in [5, 5.41) is 17.3. The Labute approximate surface area is 141 Å². The quantitative estimate of drug-likeness (QED) is 0.846. The molecule has 7 heteroatoms. The number of hydrogen-bond acceptors (Lipinski definition) is 4. The van der Waals surface area contributed by atoms with E-state index in [0.29, 0.717) is 18.7 Å². The highest BCUT2D eigenvalue weighted by atomic mass is 16.4. The Morgan fingerprint density at radius 2 is 2.46 bits per heavy atom. The van der Waals surface area contributed by atoms with E-state index in [1.54, 1.807) is 23.1 Å². The molecule has 1 fully saturated rings. The van der Waals surface area contributed by atoms with Crippen LogP contribution in [0.25, 0.3) is 0 Å². The van der Waals surface area contributed by atoms with Crippen molar-refractivity contribution in [3.8, 4) is 0 Å². The number of aliphatic hydroxyl groups is 1. The van der Waals surface area contributed by atoms with Crippen LogP contribution in [-0.4, -0.2) is 44.9 Å². The third-order valence-electron chi connectivity index (χ3n) is 4.45. The van der Waals surface area contributed by atoms with Crippen molar-refractivity contribution >= 4 is 6.03 Å². The summed E-state index contributed by atoms with van der Waals surface area (Å²) in [5.41, 5.74) is 1.10.